The summed E-state index contributed by atoms with van der Waals surface area (Å²) in [5.41, 5.74) is 16.4. The quantitative estimate of drug-likeness (QED) is 0.117. The second-order valence-corrected chi connectivity index (χ2v) is 13.4. The van der Waals surface area contributed by atoms with Crippen molar-refractivity contribution in [2.75, 3.05) is 14.7 Å². The van der Waals surface area contributed by atoms with Gasteiger partial charge in [-0.3, -0.25) is 0 Å². The minimum atomic E-state index is 0.0572. The van der Waals surface area contributed by atoms with Crippen molar-refractivity contribution in [3.8, 4) is 0 Å². The average Bonchev–Trinajstić information content (AvgIpc) is 3.22. The molecule has 0 atom stereocenters. The predicted molar refractivity (Wildman–Crippen MR) is 228 cm³/mol. The fourth-order valence-corrected chi connectivity index (χ4v) is 8.05. The van der Waals surface area contributed by atoms with Crippen LogP contribution in [0.3, 0.4) is 0 Å². The summed E-state index contributed by atoms with van der Waals surface area (Å²) in [6.07, 6.45) is 8.14. The lowest BCUT2D eigenvalue weighted by Gasteiger charge is -2.44. The molecule has 0 saturated heterocycles. The highest BCUT2D eigenvalue weighted by atomic mass is 15.2. The molecule has 0 aliphatic carbocycles. The van der Waals surface area contributed by atoms with Gasteiger partial charge in [-0.2, -0.15) is 0 Å². The lowest BCUT2D eigenvalue weighted by atomic mass is 9.33. The minimum Gasteiger partial charge on any atom is -0.311 e. The fraction of sp³-hybridized carbons (Fsp3) is 0.0204. The zero-order valence-electron chi connectivity index (χ0n) is 29.7. The van der Waals surface area contributed by atoms with Gasteiger partial charge in [0.2, 0.25) is 0 Å². The normalized spacial score (nSPS) is 13.0. The van der Waals surface area contributed by atoms with Gasteiger partial charge in [0.1, 0.15) is 0 Å². The van der Waals surface area contributed by atoms with Gasteiger partial charge < -0.3 is 14.7 Å². The van der Waals surface area contributed by atoms with Crippen molar-refractivity contribution in [1.82, 2.24) is 0 Å². The summed E-state index contributed by atoms with van der Waals surface area (Å²) in [5, 5.41) is 0. The van der Waals surface area contributed by atoms with Crippen molar-refractivity contribution in [3.05, 3.63) is 212 Å². The Morgan fingerprint density at radius 1 is 0.528 bits per heavy atom. The number of nitrogens with zero attached hydrogens (tertiary/aromatic N) is 3. The van der Waals surface area contributed by atoms with Crippen LogP contribution in [0.4, 0.5) is 51.2 Å². The third-order valence-electron chi connectivity index (χ3n) is 10.3. The monoisotopic (exact) mass is 679 g/mol. The van der Waals surface area contributed by atoms with Crippen LogP contribution in [0.1, 0.15) is 12.5 Å². The van der Waals surface area contributed by atoms with Gasteiger partial charge in [-0.25, -0.2) is 0 Å². The molecule has 0 aromatic heterocycles. The zero-order valence-corrected chi connectivity index (χ0v) is 29.7. The summed E-state index contributed by atoms with van der Waals surface area (Å²) in [5.74, 6) is 0. The van der Waals surface area contributed by atoms with Crippen LogP contribution >= 0.6 is 0 Å². The van der Waals surface area contributed by atoms with Gasteiger partial charge in [0.05, 0.1) is 0 Å². The lowest BCUT2D eigenvalue weighted by Crippen LogP contribution is -2.61. The fourth-order valence-electron chi connectivity index (χ4n) is 8.05. The van der Waals surface area contributed by atoms with Crippen LogP contribution in [0.25, 0.3) is 5.57 Å². The van der Waals surface area contributed by atoms with Gasteiger partial charge in [0.25, 0.3) is 6.71 Å². The molecule has 0 saturated carbocycles. The van der Waals surface area contributed by atoms with Crippen molar-refractivity contribution in [2.45, 2.75) is 6.92 Å². The summed E-state index contributed by atoms with van der Waals surface area (Å²) < 4.78 is 0. The molecule has 3 nitrogen and oxygen atoms in total. The van der Waals surface area contributed by atoms with Crippen LogP contribution < -0.4 is 31.1 Å². The SMILES string of the molecule is C=C/C(=C\C=C/C)c1cccc(N(c2ccccc2)c2ccc3c(c2)N(c2ccccc2)c2cccc4c2B3c2ccccc2N4c2ccccc2)c1. The Hall–Kier alpha value is -6.78. The van der Waals surface area contributed by atoms with E-state index in [-0.39, 0.29) is 6.71 Å². The molecule has 4 heteroatoms. The molecule has 252 valence electrons. The Labute approximate surface area is 312 Å². The third-order valence-corrected chi connectivity index (χ3v) is 10.3. The number of hydrogen-bond donors (Lipinski definition) is 0. The van der Waals surface area contributed by atoms with Crippen molar-refractivity contribution in [1.29, 1.82) is 0 Å². The number of allylic oxidation sites excluding steroid dienone is 5. The van der Waals surface area contributed by atoms with Crippen molar-refractivity contribution < 1.29 is 0 Å². The van der Waals surface area contributed by atoms with Gasteiger partial charge in [-0.1, -0.05) is 128 Å². The molecule has 7 aromatic rings. The molecule has 2 heterocycles. The second-order valence-electron chi connectivity index (χ2n) is 13.4. The number of rotatable bonds is 8. The first-order valence-electron chi connectivity index (χ1n) is 18.2. The minimum absolute atomic E-state index is 0.0572. The number of hydrogen-bond acceptors (Lipinski definition) is 3. The van der Waals surface area contributed by atoms with Gasteiger partial charge in [0.15, 0.2) is 0 Å². The van der Waals surface area contributed by atoms with Crippen LogP contribution in [-0.2, 0) is 0 Å². The maximum Gasteiger partial charge on any atom is 0.252 e. The van der Waals surface area contributed by atoms with E-state index in [0.29, 0.717) is 0 Å². The van der Waals surface area contributed by atoms with Crippen LogP contribution in [0.2, 0.25) is 0 Å². The van der Waals surface area contributed by atoms with Crippen LogP contribution in [-0.4, -0.2) is 6.71 Å². The molecule has 0 N–H and O–H groups in total. The van der Waals surface area contributed by atoms with E-state index >= 15 is 0 Å². The molecular formula is C49H38BN3. The van der Waals surface area contributed by atoms with E-state index in [2.05, 4.69) is 209 Å². The van der Waals surface area contributed by atoms with Crippen LogP contribution in [0.5, 0.6) is 0 Å². The van der Waals surface area contributed by atoms with Crippen molar-refractivity contribution in [2.24, 2.45) is 0 Å². The molecule has 0 bridgehead atoms. The summed E-state index contributed by atoms with van der Waals surface area (Å²) in [6, 6.07) is 63.7. The first-order chi connectivity index (χ1) is 26.2. The Bertz CT molecular complexity index is 2510. The lowest BCUT2D eigenvalue weighted by molar-refractivity contribution is 1.24. The highest BCUT2D eigenvalue weighted by Crippen LogP contribution is 2.45. The van der Waals surface area contributed by atoms with Gasteiger partial charge in [-0.05, 0) is 113 Å². The third kappa shape index (κ3) is 5.56. The largest absolute Gasteiger partial charge is 0.311 e. The first-order valence-corrected chi connectivity index (χ1v) is 18.2. The second kappa shape index (κ2) is 13.7. The summed E-state index contributed by atoms with van der Waals surface area (Å²) in [4.78, 5) is 7.25. The van der Waals surface area contributed by atoms with E-state index in [1.807, 2.05) is 19.1 Å². The summed E-state index contributed by atoms with van der Waals surface area (Å²) in [7, 11) is 0. The van der Waals surface area contributed by atoms with E-state index in [9.17, 15) is 0 Å². The van der Waals surface area contributed by atoms with E-state index < -0.39 is 0 Å². The standard InChI is InChI=1S/C49H38BN3/c1-3-5-19-36(4-2)37-20-17-27-41(34-37)51(38-21-9-6-10-22-38)42-32-33-44-48(35-42)53(40-25-13-8-14-26-40)47-31-18-30-46-49(47)50(44)43-28-15-16-29-45(43)52(46)39-23-11-7-12-24-39/h3-35H,2H2,1H3/b5-3-,36-19+. The Morgan fingerprint density at radius 3 is 1.75 bits per heavy atom. The van der Waals surface area contributed by atoms with Gasteiger partial charge in [0, 0.05) is 51.2 Å². The topological polar surface area (TPSA) is 9.72 Å². The molecule has 0 spiro atoms. The average molecular weight is 680 g/mol. The smallest absolute Gasteiger partial charge is 0.252 e. The van der Waals surface area contributed by atoms with E-state index in [0.717, 1.165) is 39.6 Å². The van der Waals surface area contributed by atoms with Crippen LogP contribution in [0, 0.1) is 0 Å². The number of anilines is 9. The van der Waals surface area contributed by atoms with Crippen molar-refractivity contribution in [3.63, 3.8) is 0 Å². The molecule has 0 fully saturated rings. The number of benzene rings is 7. The Morgan fingerprint density at radius 2 is 1.08 bits per heavy atom. The first kappa shape index (κ1) is 32.2. The molecule has 0 radical (unpaired) electrons. The number of fused-ring (bicyclic) bond motifs is 4. The summed E-state index contributed by atoms with van der Waals surface area (Å²) >= 11 is 0. The van der Waals surface area contributed by atoms with Crippen LogP contribution in [0.15, 0.2) is 207 Å². The number of para-hydroxylation sites is 4. The van der Waals surface area contributed by atoms with E-state index in [4.69, 9.17) is 0 Å². The maximum atomic E-state index is 4.12. The molecule has 0 unspecified atom stereocenters. The molecule has 2 aliphatic rings. The maximum absolute atomic E-state index is 4.12. The molecule has 9 rings (SSSR count). The molecular weight excluding hydrogens is 641 g/mol. The molecule has 7 aromatic carbocycles. The molecule has 53 heavy (non-hydrogen) atoms. The van der Waals surface area contributed by atoms with Crippen molar-refractivity contribution >= 4 is 79.9 Å². The highest BCUT2D eigenvalue weighted by Gasteiger charge is 2.43. The Balaban J connectivity index is 1.28. The predicted octanol–water partition coefficient (Wildman–Crippen LogP) is 11.4. The highest BCUT2D eigenvalue weighted by molar-refractivity contribution is 7.00. The molecule has 0 amide bonds. The van der Waals surface area contributed by atoms with Gasteiger partial charge in [-0.15, -0.1) is 0 Å². The zero-order chi connectivity index (χ0) is 35.7. The van der Waals surface area contributed by atoms with Gasteiger partial charge >= 0.3 is 0 Å². The van der Waals surface area contributed by atoms with E-state index in [1.165, 1.54) is 39.1 Å². The Kier molecular flexibility index (Phi) is 8.34. The molecule has 2 aliphatic heterocycles. The summed E-state index contributed by atoms with van der Waals surface area (Å²) in [6.45, 7) is 6.21. The van der Waals surface area contributed by atoms with E-state index in [1.54, 1.807) is 0 Å².